The van der Waals surface area contributed by atoms with E-state index in [2.05, 4.69) is 41.1 Å². The Morgan fingerprint density at radius 1 is 1.14 bits per heavy atom. The first-order valence-corrected chi connectivity index (χ1v) is 11.5. The molecule has 1 saturated heterocycles. The largest absolute Gasteiger partial charge is 0.341 e. The van der Waals surface area contributed by atoms with Gasteiger partial charge in [0.05, 0.1) is 22.0 Å². The van der Waals surface area contributed by atoms with Crippen molar-refractivity contribution in [3.05, 3.63) is 70.1 Å². The average molecular weight is 445 g/mol. The van der Waals surface area contributed by atoms with Crippen molar-refractivity contribution in [2.75, 3.05) is 6.54 Å². The van der Waals surface area contributed by atoms with Crippen molar-refractivity contribution in [3.63, 3.8) is 0 Å². The van der Waals surface area contributed by atoms with Crippen molar-refractivity contribution < 1.29 is 0 Å². The van der Waals surface area contributed by atoms with E-state index in [0.29, 0.717) is 16.3 Å². The Morgan fingerprint density at radius 3 is 2.76 bits per heavy atom. The molecule has 3 heterocycles. The number of aromatic amines is 1. The molecule has 2 aliphatic rings. The van der Waals surface area contributed by atoms with Crippen LogP contribution in [0.25, 0.3) is 15.9 Å². The molecule has 1 unspecified atom stereocenters. The van der Waals surface area contributed by atoms with Gasteiger partial charge in [0.25, 0.3) is 0 Å². The number of hydrazine groups is 1. The van der Waals surface area contributed by atoms with Crippen molar-refractivity contribution in [1.29, 1.82) is 0 Å². The summed E-state index contributed by atoms with van der Waals surface area (Å²) in [4.78, 5) is 9.64. The van der Waals surface area contributed by atoms with Crippen molar-refractivity contribution in [1.82, 2.24) is 20.0 Å². The van der Waals surface area contributed by atoms with Gasteiger partial charge < -0.3 is 4.98 Å². The van der Waals surface area contributed by atoms with Gasteiger partial charge in [-0.3, -0.25) is 5.01 Å². The molecule has 1 aromatic heterocycles. The van der Waals surface area contributed by atoms with Gasteiger partial charge in [0.1, 0.15) is 11.3 Å². The molecule has 7 heteroatoms. The van der Waals surface area contributed by atoms with Crippen LogP contribution in [0, 0.1) is 5.92 Å². The highest BCUT2D eigenvalue weighted by molar-refractivity contribution is 8.09. The Labute approximate surface area is 184 Å². The van der Waals surface area contributed by atoms with E-state index in [1.165, 1.54) is 4.91 Å². The highest BCUT2D eigenvalue weighted by Gasteiger charge is 2.40. The number of rotatable bonds is 3. The van der Waals surface area contributed by atoms with Crippen LogP contribution in [0.1, 0.15) is 37.7 Å². The van der Waals surface area contributed by atoms with Gasteiger partial charge in [-0.25, -0.2) is 9.99 Å². The zero-order valence-corrected chi connectivity index (χ0v) is 18.6. The zero-order valence-electron chi connectivity index (χ0n) is 16.3. The first-order valence-electron chi connectivity index (χ1n) is 9.84. The summed E-state index contributed by atoms with van der Waals surface area (Å²) in [6.45, 7) is 5.55. The van der Waals surface area contributed by atoms with Gasteiger partial charge >= 0.3 is 0 Å². The summed E-state index contributed by atoms with van der Waals surface area (Å²) in [5, 5.41) is 6.58. The second-order valence-electron chi connectivity index (χ2n) is 7.73. The van der Waals surface area contributed by atoms with Crippen LogP contribution < -0.4 is 0 Å². The summed E-state index contributed by atoms with van der Waals surface area (Å²) < 4.78 is 0. The van der Waals surface area contributed by atoms with E-state index in [-0.39, 0.29) is 6.04 Å². The minimum atomic E-state index is 0.191. The average Bonchev–Trinajstić information content (AvgIpc) is 3.38. The molecule has 0 aliphatic carbocycles. The van der Waals surface area contributed by atoms with Gasteiger partial charge in [-0.15, -0.1) is 0 Å². The molecule has 0 bridgehead atoms. The molecule has 4 nitrogen and oxygen atoms in total. The zero-order chi connectivity index (χ0) is 20.1. The summed E-state index contributed by atoms with van der Waals surface area (Å²) in [6, 6.07) is 14.1. The summed E-state index contributed by atoms with van der Waals surface area (Å²) in [5.74, 6) is 1.48. The number of nitrogens with zero attached hydrogens (tertiary/aromatic N) is 3. The predicted octanol–water partition coefficient (Wildman–Crippen LogP) is 6.56. The van der Waals surface area contributed by atoms with Crippen molar-refractivity contribution in [3.8, 4) is 0 Å². The first-order chi connectivity index (χ1) is 14.0. The maximum absolute atomic E-state index is 6.37. The van der Waals surface area contributed by atoms with Crippen LogP contribution in [-0.2, 0) is 0 Å². The topological polar surface area (TPSA) is 35.2 Å². The molecular weight excluding hydrogens is 423 g/mol. The highest BCUT2D eigenvalue weighted by atomic mass is 35.5. The minimum Gasteiger partial charge on any atom is -0.341 e. The molecular formula is C22H22Cl2N4S. The molecule has 2 aromatic carbocycles. The summed E-state index contributed by atoms with van der Waals surface area (Å²) >= 11 is 14.4. The Balaban J connectivity index is 1.50. The second-order valence-corrected chi connectivity index (χ2v) is 9.93. The minimum absolute atomic E-state index is 0.191. The van der Waals surface area contributed by atoms with Crippen molar-refractivity contribution in [2.45, 2.75) is 31.7 Å². The van der Waals surface area contributed by atoms with Crippen molar-refractivity contribution >= 4 is 50.9 Å². The fourth-order valence-electron chi connectivity index (χ4n) is 4.31. The maximum atomic E-state index is 6.37. The van der Waals surface area contributed by atoms with Crippen LogP contribution in [0.5, 0.6) is 0 Å². The van der Waals surface area contributed by atoms with Gasteiger partial charge in [-0.05, 0) is 49.1 Å². The van der Waals surface area contributed by atoms with Crippen LogP contribution in [0.2, 0.25) is 10.0 Å². The number of H-pyrrole nitrogens is 1. The fourth-order valence-corrected chi connectivity index (χ4v) is 5.81. The van der Waals surface area contributed by atoms with Gasteiger partial charge in [-0.2, -0.15) is 0 Å². The Bertz CT molecular complexity index is 1100. The third-order valence-corrected chi connectivity index (χ3v) is 7.45. The number of nitrogens with one attached hydrogen (secondary N) is 1. The monoisotopic (exact) mass is 444 g/mol. The van der Waals surface area contributed by atoms with E-state index in [0.717, 1.165) is 40.4 Å². The summed E-state index contributed by atoms with van der Waals surface area (Å²) in [5.41, 5.74) is 3.00. The lowest BCUT2D eigenvalue weighted by molar-refractivity contribution is -0.00509. The number of hydrogen-bond donors (Lipinski definition) is 1. The van der Waals surface area contributed by atoms with E-state index >= 15 is 0 Å². The number of aromatic nitrogens is 2. The number of para-hydroxylation sites is 1. The molecule has 3 aromatic rings. The lowest BCUT2D eigenvalue weighted by Crippen LogP contribution is -2.41. The summed E-state index contributed by atoms with van der Waals surface area (Å²) in [7, 11) is 0. The standard InChI is InChI=1S/C22H22Cl2N4S/c1-13-9-10-27(21(13)22-25-18-8-4-7-17(24)20(18)26-22)28-12-19(29-14(28)2)15-5-3-6-16(23)11-15/h3-8,11-14,21H,9-10H2,1-2H3,(H,25,26)/t13-,14?,21-/m0/s1. The smallest absolute Gasteiger partial charge is 0.126 e. The van der Waals surface area contributed by atoms with Gasteiger partial charge in [0.15, 0.2) is 0 Å². The highest BCUT2D eigenvalue weighted by Crippen LogP contribution is 2.46. The van der Waals surface area contributed by atoms with Gasteiger partial charge in [0.2, 0.25) is 0 Å². The molecule has 150 valence electrons. The molecule has 0 saturated carbocycles. The number of thioether (sulfide) groups is 1. The van der Waals surface area contributed by atoms with Crippen molar-refractivity contribution in [2.24, 2.45) is 5.92 Å². The molecule has 0 amide bonds. The fraction of sp³-hybridized carbons (Fsp3) is 0.318. The normalized spacial score (nSPS) is 25.2. The first kappa shape index (κ1) is 19.3. The molecule has 0 spiro atoms. The lowest BCUT2D eigenvalue weighted by atomic mass is 10.0. The predicted molar refractivity (Wildman–Crippen MR) is 123 cm³/mol. The SMILES string of the molecule is CC1SC(c2cccc(Cl)c2)=CN1N1CC[C@H](C)[C@H]1c1nc2c(Cl)cccc2[nH]1. The van der Waals surface area contributed by atoms with Gasteiger partial charge in [0, 0.05) is 22.7 Å². The number of fused-ring (bicyclic) bond motifs is 1. The van der Waals surface area contributed by atoms with E-state index in [4.69, 9.17) is 28.2 Å². The summed E-state index contributed by atoms with van der Waals surface area (Å²) in [6.07, 6.45) is 3.38. The number of hydrogen-bond acceptors (Lipinski definition) is 4. The van der Waals surface area contributed by atoms with E-state index < -0.39 is 0 Å². The Morgan fingerprint density at radius 2 is 1.97 bits per heavy atom. The third-order valence-electron chi connectivity index (χ3n) is 5.76. The van der Waals surface area contributed by atoms with Crippen LogP contribution in [-0.4, -0.2) is 31.9 Å². The lowest BCUT2D eigenvalue weighted by Gasteiger charge is -2.36. The van der Waals surface area contributed by atoms with E-state index in [1.54, 1.807) is 0 Å². The number of imidazole rings is 1. The van der Waals surface area contributed by atoms with Crippen LogP contribution in [0.3, 0.4) is 0 Å². The Kier molecular flexibility index (Phi) is 5.03. The quantitative estimate of drug-likeness (QED) is 0.495. The molecule has 1 fully saturated rings. The molecule has 1 N–H and O–H groups in total. The molecule has 2 aliphatic heterocycles. The maximum Gasteiger partial charge on any atom is 0.126 e. The third kappa shape index (κ3) is 3.44. The van der Waals surface area contributed by atoms with E-state index in [9.17, 15) is 0 Å². The molecule has 3 atom stereocenters. The van der Waals surface area contributed by atoms with Crippen LogP contribution in [0.15, 0.2) is 48.7 Å². The van der Waals surface area contributed by atoms with Gasteiger partial charge in [-0.1, -0.05) is 60.1 Å². The molecule has 5 rings (SSSR count). The van der Waals surface area contributed by atoms with Crippen LogP contribution in [0.4, 0.5) is 0 Å². The number of benzene rings is 2. The van der Waals surface area contributed by atoms with Crippen LogP contribution >= 0.6 is 35.0 Å². The Hall–Kier alpha value is -1.66. The molecule has 0 radical (unpaired) electrons. The second kappa shape index (κ2) is 7.55. The van der Waals surface area contributed by atoms with E-state index in [1.807, 2.05) is 48.2 Å². The number of halogens is 2. The molecule has 29 heavy (non-hydrogen) atoms.